The molecular weight excluding hydrogens is 200 g/mol. The summed E-state index contributed by atoms with van der Waals surface area (Å²) in [5.74, 6) is 0.781. The Hall–Kier alpha value is -0.0800. The van der Waals surface area contributed by atoms with E-state index < -0.39 is 0 Å². The number of ether oxygens (including phenoxy) is 1. The average molecular weight is 228 g/mol. The normalized spacial score (nSPS) is 36.0. The number of hydrogen-bond acceptors (Lipinski definition) is 2. The maximum absolute atomic E-state index is 10.3. The summed E-state index contributed by atoms with van der Waals surface area (Å²) >= 11 is 0. The van der Waals surface area contributed by atoms with E-state index in [1.54, 1.807) is 0 Å². The van der Waals surface area contributed by atoms with E-state index in [-0.39, 0.29) is 23.7 Å². The van der Waals surface area contributed by atoms with E-state index in [0.717, 1.165) is 12.8 Å². The van der Waals surface area contributed by atoms with Crippen LogP contribution in [0.5, 0.6) is 0 Å². The summed E-state index contributed by atoms with van der Waals surface area (Å²) in [6, 6.07) is 0. The lowest BCUT2D eigenvalue weighted by Crippen LogP contribution is -2.32. The van der Waals surface area contributed by atoms with Crippen LogP contribution in [0.4, 0.5) is 0 Å². The van der Waals surface area contributed by atoms with Gasteiger partial charge in [-0.25, -0.2) is 0 Å². The summed E-state index contributed by atoms with van der Waals surface area (Å²) in [6.45, 7) is 13.2. The van der Waals surface area contributed by atoms with Gasteiger partial charge in [0.05, 0.1) is 18.3 Å². The van der Waals surface area contributed by atoms with E-state index in [9.17, 15) is 5.11 Å². The number of hydrogen-bond donors (Lipinski definition) is 1. The Labute approximate surface area is 100 Å². The second kappa shape index (κ2) is 5.05. The fourth-order valence-electron chi connectivity index (χ4n) is 2.81. The van der Waals surface area contributed by atoms with Crippen LogP contribution in [0.15, 0.2) is 0 Å². The van der Waals surface area contributed by atoms with Gasteiger partial charge >= 0.3 is 0 Å². The molecule has 0 aliphatic carbocycles. The van der Waals surface area contributed by atoms with E-state index in [0.29, 0.717) is 11.8 Å². The van der Waals surface area contributed by atoms with Crippen LogP contribution in [-0.4, -0.2) is 23.4 Å². The van der Waals surface area contributed by atoms with E-state index in [2.05, 4.69) is 41.5 Å². The topological polar surface area (TPSA) is 29.5 Å². The molecule has 1 rings (SSSR count). The van der Waals surface area contributed by atoms with Crippen LogP contribution in [-0.2, 0) is 4.74 Å². The van der Waals surface area contributed by atoms with Crippen molar-refractivity contribution in [2.75, 3.05) is 0 Å². The Morgan fingerprint density at radius 1 is 1.19 bits per heavy atom. The zero-order valence-electron chi connectivity index (χ0n) is 11.7. The molecule has 0 radical (unpaired) electrons. The van der Waals surface area contributed by atoms with Crippen molar-refractivity contribution < 1.29 is 9.84 Å². The molecule has 1 aliphatic rings. The van der Waals surface area contributed by atoms with Gasteiger partial charge in [-0.15, -0.1) is 0 Å². The van der Waals surface area contributed by atoms with Gasteiger partial charge in [-0.2, -0.15) is 0 Å². The second-order valence-corrected chi connectivity index (χ2v) is 6.70. The molecule has 0 aromatic heterocycles. The monoisotopic (exact) mass is 228 g/mol. The lowest BCUT2D eigenvalue weighted by molar-refractivity contribution is -0.00650. The van der Waals surface area contributed by atoms with Gasteiger partial charge in [0.1, 0.15) is 0 Å². The van der Waals surface area contributed by atoms with Gasteiger partial charge in [-0.1, -0.05) is 41.5 Å². The highest BCUT2D eigenvalue weighted by molar-refractivity contribution is 4.93. The third-order valence-corrected chi connectivity index (χ3v) is 3.54. The van der Waals surface area contributed by atoms with E-state index in [4.69, 9.17) is 4.74 Å². The van der Waals surface area contributed by atoms with Gasteiger partial charge < -0.3 is 9.84 Å². The molecule has 0 saturated carbocycles. The zero-order valence-corrected chi connectivity index (χ0v) is 11.7. The zero-order chi connectivity index (χ0) is 12.5. The first-order valence-electron chi connectivity index (χ1n) is 6.59. The van der Waals surface area contributed by atoms with Crippen molar-refractivity contribution in [2.45, 2.75) is 72.7 Å². The Morgan fingerprint density at radius 3 is 2.12 bits per heavy atom. The maximum Gasteiger partial charge on any atom is 0.0857 e. The molecule has 4 unspecified atom stereocenters. The summed E-state index contributed by atoms with van der Waals surface area (Å²) < 4.78 is 6.02. The van der Waals surface area contributed by atoms with Crippen LogP contribution in [0.3, 0.4) is 0 Å². The van der Waals surface area contributed by atoms with Gasteiger partial charge in [0.25, 0.3) is 0 Å². The van der Waals surface area contributed by atoms with Crippen molar-refractivity contribution in [3.63, 3.8) is 0 Å². The van der Waals surface area contributed by atoms with Crippen molar-refractivity contribution in [3.8, 4) is 0 Å². The summed E-state index contributed by atoms with van der Waals surface area (Å²) in [6.07, 6.45) is 1.92. The smallest absolute Gasteiger partial charge is 0.0857 e. The van der Waals surface area contributed by atoms with Crippen LogP contribution in [0.1, 0.15) is 54.4 Å². The first kappa shape index (κ1) is 14.0. The highest BCUT2D eigenvalue weighted by Crippen LogP contribution is 2.39. The Balaban J connectivity index is 2.75. The third kappa shape index (κ3) is 3.21. The summed E-state index contributed by atoms with van der Waals surface area (Å²) in [7, 11) is 0. The minimum Gasteiger partial charge on any atom is -0.390 e. The SMILES string of the molecule is CCC1OC(CC(C)(C)C)C(C(C)C)C1O. The van der Waals surface area contributed by atoms with E-state index in [1.165, 1.54) is 0 Å². The molecule has 1 aliphatic heterocycles. The van der Waals surface area contributed by atoms with Gasteiger partial charge in [-0.05, 0) is 24.2 Å². The van der Waals surface area contributed by atoms with Crippen LogP contribution < -0.4 is 0 Å². The van der Waals surface area contributed by atoms with Crippen molar-refractivity contribution >= 4 is 0 Å². The van der Waals surface area contributed by atoms with Crippen LogP contribution in [0.2, 0.25) is 0 Å². The minimum atomic E-state index is -0.280. The Morgan fingerprint density at radius 2 is 1.75 bits per heavy atom. The summed E-state index contributed by atoms with van der Waals surface area (Å²) in [5.41, 5.74) is 0.264. The molecule has 16 heavy (non-hydrogen) atoms. The van der Waals surface area contributed by atoms with Crippen molar-refractivity contribution in [1.82, 2.24) is 0 Å². The molecule has 4 atom stereocenters. The first-order valence-corrected chi connectivity index (χ1v) is 6.59. The number of aliphatic hydroxyl groups is 1. The molecular formula is C14H28O2. The quantitative estimate of drug-likeness (QED) is 0.803. The number of rotatable bonds is 3. The molecule has 1 saturated heterocycles. The van der Waals surface area contributed by atoms with Gasteiger partial charge in [-0.3, -0.25) is 0 Å². The van der Waals surface area contributed by atoms with Crippen molar-refractivity contribution in [3.05, 3.63) is 0 Å². The molecule has 1 fully saturated rings. The van der Waals surface area contributed by atoms with E-state index in [1.807, 2.05) is 0 Å². The third-order valence-electron chi connectivity index (χ3n) is 3.54. The maximum atomic E-state index is 10.3. The fourth-order valence-corrected chi connectivity index (χ4v) is 2.81. The molecule has 0 amide bonds. The molecule has 0 spiro atoms. The molecule has 2 heteroatoms. The van der Waals surface area contributed by atoms with Crippen LogP contribution in [0.25, 0.3) is 0 Å². The molecule has 0 bridgehead atoms. The minimum absolute atomic E-state index is 0.0414. The molecule has 0 aromatic carbocycles. The first-order chi connectivity index (χ1) is 7.26. The molecule has 96 valence electrons. The van der Waals surface area contributed by atoms with E-state index >= 15 is 0 Å². The standard InChI is InChI=1S/C14H28O2/c1-7-10-13(15)12(9(2)3)11(16-10)8-14(4,5)6/h9-13,15H,7-8H2,1-6H3. The molecule has 0 aromatic rings. The van der Waals surface area contributed by atoms with Crippen molar-refractivity contribution in [2.24, 2.45) is 17.3 Å². The highest BCUT2D eigenvalue weighted by atomic mass is 16.5. The predicted octanol–water partition coefficient (Wildman–Crippen LogP) is 3.23. The highest BCUT2D eigenvalue weighted by Gasteiger charge is 2.44. The van der Waals surface area contributed by atoms with Crippen molar-refractivity contribution in [1.29, 1.82) is 0 Å². The summed E-state index contributed by atoms with van der Waals surface area (Å²) in [4.78, 5) is 0. The molecule has 2 nitrogen and oxygen atoms in total. The Kier molecular flexibility index (Phi) is 4.42. The van der Waals surface area contributed by atoms with Crippen LogP contribution in [0, 0.1) is 17.3 Å². The fraction of sp³-hybridized carbons (Fsp3) is 1.00. The molecule has 1 heterocycles. The summed E-state index contributed by atoms with van der Waals surface area (Å²) in [5, 5.41) is 10.3. The largest absolute Gasteiger partial charge is 0.390 e. The number of aliphatic hydroxyl groups excluding tert-OH is 1. The average Bonchev–Trinajstić information content (AvgIpc) is 2.39. The molecule has 1 N–H and O–H groups in total. The Bertz CT molecular complexity index is 217. The van der Waals surface area contributed by atoms with Crippen LogP contribution >= 0.6 is 0 Å². The van der Waals surface area contributed by atoms with Gasteiger partial charge in [0.15, 0.2) is 0 Å². The lowest BCUT2D eigenvalue weighted by atomic mass is 9.79. The second-order valence-electron chi connectivity index (χ2n) is 6.70. The predicted molar refractivity (Wildman–Crippen MR) is 67.4 cm³/mol. The lowest BCUT2D eigenvalue weighted by Gasteiger charge is -2.29. The van der Waals surface area contributed by atoms with Gasteiger partial charge in [0.2, 0.25) is 0 Å². The van der Waals surface area contributed by atoms with Gasteiger partial charge in [0, 0.05) is 5.92 Å².